The van der Waals surface area contributed by atoms with E-state index < -0.39 is 11.9 Å². The number of benzene rings is 2. The minimum absolute atomic E-state index is 0.168. The quantitative estimate of drug-likeness (QED) is 0.447. The molecule has 1 saturated heterocycles. The molecule has 1 N–H and O–H groups in total. The van der Waals surface area contributed by atoms with Gasteiger partial charge in [0.25, 0.3) is 0 Å². The minimum atomic E-state index is -1.04. The van der Waals surface area contributed by atoms with Crippen LogP contribution in [0, 0.1) is 5.92 Å². The van der Waals surface area contributed by atoms with Crippen molar-refractivity contribution < 1.29 is 24.2 Å². The highest BCUT2D eigenvalue weighted by Crippen LogP contribution is 2.35. The number of carbonyl (C=O) groups excluding carboxylic acids is 1. The van der Waals surface area contributed by atoms with E-state index in [1.54, 1.807) is 31.4 Å². The molecule has 1 fully saturated rings. The maximum absolute atomic E-state index is 12.6. The zero-order chi connectivity index (χ0) is 23.1. The molecule has 0 saturated carbocycles. The fourth-order valence-corrected chi connectivity index (χ4v) is 4.55. The van der Waals surface area contributed by atoms with Gasteiger partial charge in [0.05, 0.1) is 27.1 Å². The van der Waals surface area contributed by atoms with Crippen molar-refractivity contribution in [1.82, 2.24) is 0 Å². The van der Waals surface area contributed by atoms with Gasteiger partial charge in [-0.1, -0.05) is 65.7 Å². The molecule has 0 radical (unpaired) electrons. The van der Waals surface area contributed by atoms with Crippen LogP contribution >= 0.6 is 23.2 Å². The van der Waals surface area contributed by atoms with E-state index in [0.717, 1.165) is 24.0 Å². The molecule has 0 aliphatic carbocycles. The zero-order valence-corrected chi connectivity index (χ0v) is 19.4. The van der Waals surface area contributed by atoms with E-state index in [-0.39, 0.29) is 39.8 Å². The minimum Gasteiger partial charge on any atom is -0.481 e. The Labute approximate surface area is 197 Å². The van der Waals surface area contributed by atoms with Gasteiger partial charge in [0, 0.05) is 39.6 Å². The SMILES string of the molecule is COC1(c2ccc(/C=C/CC(CC(=O)c3c(Cl)cccc3Cl)C(=O)O)cc2)CCOCC1. The van der Waals surface area contributed by atoms with Crippen LogP contribution in [0.15, 0.2) is 48.5 Å². The molecule has 0 aromatic heterocycles. The number of ether oxygens (including phenoxy) is 2. The number of carbonyl (C=O) groups is 2. The summed E-state index contributed by atoms with van der Waals surface area (Å²) in [5, 5.41) is 10.0. The van der Waals surface area contributed by atoms with Gasteiger partial charge < -0.3 is 14.6 Å². The molecule has 1 heterocycles. The Morgan fingerprint density at radius 1 is 1.12 bits per heavy atom. The molecule has 1 aliphatic heterocycles. The van der Waals surface area contributed by atoms with E-state index in [1.165, 1.54) is 0 Å². The van der Waals surface area contributed by atoms with Gasteiger partial charge in [0.15, 0.2) is 5.78 Å². The lowest BCUT2D eigenvalue weighted by atomic mass is 9.85. The Hall–Kier alpha value is -2.18. The van der Waals surface area contributed by atoms with E-state index in [4.69, 9.17) is 32.7 Å². The number of methoxy groups -OCH3 is 1. The first-order valence-corrected chi connectivity index (χ1v) is 11.2. The number of allylic oxidation sites excluding steroid dienone is 1. The Bertz CT molecular complexity index is 958. The third kappa shape index (κ3) is 5.78. The van der Waals surface area contributed by atoms with Crippen molar-refractivity contribution in [3.63, 3.8) is 0 Å². The molecular weight excluding hydrogens is 451 g/mol. The number of hydrogen-bond acceptors (Lipinski definition) is 4. The second-order valence-electron chi connectivity index (χ2n) is 7.83. The van der Waals surface area contributed by atoms with Gasteiger partial charge in [-0.05, 0) is 29.7 Å². The van der Waals surface area contributed by atoms with E-state index in [1.807, 2.05) is 30.3 Å². The van der Waals surface area contributed by atoms with Crippen molar-refractivity contribution in [3.8, 4) is 0 Å². The van der Waals surface area contributed by atoms with Crippen molar-refractivity contribution in [3.05, 3.63) is 75.3 Å². The van der Waals surface area contributed by atoms with E-state index in [9.17, 15) is 14.7 Å². The van der Waals surface area contributed by atoms with E-state index in [0.29, 0.717) is 13.2 Å². The summed E-state index contributed by atoms with van der Waals surface area (Å²) < 4.78 is 11.3. The summed E-state index contributed by atoms with van der Waals surface area (Å²) >= 11 is 12.2. The highest BCUT2D eigenvalue weighted by atomic mass is 35.5. The van der Waals surface area contributed by atoms with E-state index in [2.05, 4.69) is 0 Å². The summed E-state index contributed by atoms with van der Waals surface area (Å²) in [5.74, 6) is -2.29. The van der Waals surface area contributed by atoms with Gasteiger partial charge >= 0.3 is 5.97 Å². The molecule has 7 heteroatoms. The van der Waals surface area contributed by atoms with Crippen molar-refractivity contribution in [1.29, 1.82) is 0 Å². The lowest BCUT2D eigenvalue weighted by Gasteiger charge is -2.36. The topological polar surface area (TPSA) is 72.8 Å². The maximum Gasteiger partial charge on any atom is 0.307 e. The average Bonchev–Trinajstić information content (AvgIpc) is 2.79. The van der Waals surface area contributed by atoms with Crippen LogP contribution in [0.25, 0.3) is 6.08 Å². The van der Waals surface area contributed by atoms with Crippen molar-refractivity contribution >= 4 is 41.0 Å². The summed E-state index contributed by atoms with van der Waals surface area (Å²) in [4.78, 5) is 24.3. The number of carboxylic acid groups (broad SMARTS) is 1. The number of rotatable bonds is 9. The van der Waals surface area contributed by atoms with Gasteiger partial charge in [0.1, 0.15) is 0 Å². The van der Waals surface area contributed by atoms with Gasteiger partial charge in [0.2, 0.25) is 0 Å². The number of carboxylic acids is 1. The zero-order valence-electron chi connectivity index (χ0n) is 17.9. The second kappa shape index (κ2) is 11.1. The summed E-state index contributed by atoms with van der Waals surface area (Å²) in [6.07, 6.45) is 5.28. The van der Waals surface area contributed by atoms with Crippen LogP contribution in [0.5, 0.6) is 0 Å². The molecule has 0 amide bonds. The average molecular weight is 477 g/mol. The molecular formula is C25H26Cl2O5. The van der Waals surface area contributed by atoms with Crippen LogP contribution in [0.1, 0.15) is 47.2 Å². The highest BCUT2D eigenvalue weighted by Gasteiger charge is 2.34. The first kappa shape index (κ1) is 24.5. The molecule has 3 rings (SSSR count). The van der Waals surface area contributed by atoms with Crippen LogP contribution in [0.2, 0.25) is 10.0 Å². The van der Waals surface area contributed by atoms with Gasteiger partial charge in [-0.2, -0.15) is 0 Å². The smallest absolute Gasteiger partial charge is 0.307 e. The molecule has 170 valence electrons. The molecule has 1 aliphatic rings. The molecule has 1 atom stereocenters. The highest BCUT2D eigenvalue weighted by molar-refractivity contribution is 6.39. The van der Waals surface area contributed by atoms with Gasteiger partial charge in [-0.25, -0.2) is 0 Å². The summed E-state index contributed by atoms with van der Waals surface area (Å²) in [6.45, 7) is 1.34. The summed E-state index contributed by atoms with van der Waals surface area (Å²) in [6, 6.07) is 12.8. The van der Waals surface area contributed by atoms with Gasteiger partial charge in [-0.3, -0.25) is 9.59 Å². The lowest BCUT2D eigenvalue weighted by Crippen LogP contribution is -2.35. The van der Waals surface area contributed by atoms with Crippen LogP contribution < -0.4 is 0 Å². The number of hydrogen-bond donors (Lipinski definition) is 1. The van der Waals surface area contributed by atoms with Crippen molar-refractivity contribution in [2.45, 2.75) is 31.3 Å². The Balaban J connectivity index is 1.65. The molecule has 2 aromatic rings. The third-order valence-electron chi connectivity index (χ3n) is 5.88. The van der Waals surface area contributed by atoms with Gasteiger partial charge in [-0.15, -0.1) is 0 Å². The fourth-order valence-electron chi connectivity index (χ4n) is 3.94. The molecule has 0 spiro atoms. The number of ketones is 1. The summed E-state index contributed by atoms with van der Waals surface area (Å²) in [7, 11) is 1.72. The Morgan fingerprint density at radius 3 is 2.31 bits per heavy atom. The Morgan fingerprint density at radius 2 is 1.75 bits per heavy atom. The van der Waals surface area contributed by atoms with Crippen LogP contribution in [-0.4, -0.2) is 37.2 Å². The molecule has 32 heavy (non-hydrogen) atoms. The van der Waals surface area contributed by atoms with E-state index >= 15 is 0 Å². The monoisotopic (exact) mass is 476 g/mol. The van der Waals surface area contributed by atoms with Crippen LogP contribution in [0.3, 0.4) is 0 Å². The van der Waals surface area contributed by atoms with Crippen molar-refractivity contribution in [2.24, 2.45) is 5.92 Å². The number of aliphatic carboxylic acids is 1. The second-order valence-corrected chi connectivity index (χ2v) is 8.64. The molecule has 2 aromatic carbocycles. The summed E-state index contributed by atoms with van der Waals surface area (Å²) in [5.41, 5.74) is 1.89. The largest absolute Gasteiger partial charge is 0.481 e. The van der Waals surface area contributed by atoms with Crippen LogP contribution in [-0.2, 0) is 19.9 Å². The molecule has 5 nitrogen and oxygen atoms in total. The predicted molar refractivity (Wildman–Crippen MR) is 125 cm³/mol. The number of halogens is 2. The Kier molecular flexibility index (Phi) is 8.49. The maximum atomic E-state index is 12.6. The molecule has 0 bridgehead atoms. The standard InChI is InChI=1S/C25H26Cl2O5/c1-31-25(12-14-32-15-13-25)19-10-8-17(9-11-19)4-2-5-18(24(29)30)16-22(28)23-20(26)6-3-7-21(23)27/h2-4,6-11,18H,5,12-16H2,1H3,(H,29,30)/b4-2+. The molecule has 1 unspecified atom stereocenters. The normalized spacial score (nSPS) is 16.7. The van der Waals surface area contributed by atoms with Crippen molar-refractivity contribution in [2.75, 3.05) is 20.3 Å². The first-order chi connectivity index (χ1) is 15.4. The third-order valence-corrected chi connectivity index (χ3v) is 6.51. The lowest BCUT2D eigenvalue weighted by molar-refractivity contribution is -0.141. The first-order valence-electron chi connectivity index (χ1n) is 10.5. The fraction of sp³-hybridized carbons (Fsp3) is 0.360. The number of Topliss-reactive ketones (excluding diaryl/α,β-unsaturated/α-hetero) is 1. The van der Waals surface area contributed by atoms with Crippen LogP contribution in [0.4, 0.5) is 0 Å². The predicted octanol–water partition coefficient (Wildman–Crippen LogP) is 6.02.